The van der Waals surface area contributed by atoms with Gasteiger partial charge in [-0.25, -0.2) is 32.2 Å². The van der Waals surface area contributed by atoms with E-state index in [9.17, 15) is 4.21 Å². The number of hydrogen-bond acceptors (Lipinski definition) is 7. The molecule has 1 fully saturated rings. The summed E-state index contributed by atoms with van der Waals surface area (Å²) in [6.07, 6.45) is 2.95. The quantitative estimate of drug-likeness (QED) is 0.552. The third-order valence-corrected chi connectivity index (χ3v) is 8.45. The molecule has 3 aliphatic heterocycles. The first-order chi connectivity index (χ1) is 16.3. The molecule has 2 aromatic heterocycles. The monoisotopic (exact) mass is 486 g/mol. The molecule has 0 amide bonds. The van der Waals surface area contributed by atoms with Crippen molar-refractivity contribution in [1.29, 1.82) is 0 Å². The van der Waals surface area contributed by atoms with Gasteiger partial charge >= 0.3 is 0 Å². The summed E-state index contributed by atoms with van der Waals surface area (Å²) < 4.78 is 47.3. The van der Waals surface area contributed by atoms with Crippen molar-refractivity contribution in [3.8, 4) is 0 Å². The van der Waals surface area contributed by atoms with Crippen molar-refractivity contribution in [2.24, 2.45) is 12.1 Å². The molecular weight excluding hydrogens is 462 g/mol. The van der Waals surface area contributed by atoms with Gasteiger partial charge in [0, 0.05) is 58.0 Å². The molecule has 3 aromatic rings. The number of hydrazone groups is 1. The average molecular weight is 487 g/mol. The van der Waals surface area contributed by atoms with Gasteiger partial charge in [0.2, 0.25) is 0 Å². The molecule has 0 N–H and O–H groups in total. The zero-order chi connectivity index (χ0) is 23.6. The highest BCUT2D eigenvalue weighted by Crippen LogP contribution is 2.42. The van der Waals surface area contributed by atoms with Crippen LogP contribution in [0.5, 0.6) is 0 Å². The number of alkyl halides is 2. The van der Waals surface area contributed by atoms with Crippen molar-refractivity contribution in [2.45, 2.75) is 29.2 Å². The molecule has 178 valence electrons. The molecule has 0 bridgehead atoms. The number of benzene rings is 1. The van der Waals surface area contributed by atoms with E-state index in [1.165, 1.54) is 12.4 Å². The number of nitrogens with zero attached hydrogens (tertiary/aromatic N) is 8. The van der Waals surface area contributed by atoms with Crippen molar-refractivity contribution in [3.63, 3.8) is 0 Å². The maximum atomic E-state index is 15.2. The van der Waals surface area contributed by atoms with Crippen LogP contribution in [-0.2, 0) is 24.0 Å². The largest absolute Gasteiger partial charge is 0.352 e. The first-order valence-electron chi connectivity index (χ1n) is 11.2. The second-order valence-electron chi connectivity index (χ2n) is 9.00. The molecule has 1 aromatic carbocycles. The minimum atomic E-state index is -3.07. The standard InChI is InChI=1S/C22H24F2N8OS/c1-29-11-14(10-27-29)19-28-18-20(30(19)2)25-13-26-21(18)31-7-8-32-15(12-31)9-22(23,24)16-5-3-4-6-17(16)34(32)33/h3-6,10,13-15H,7-9,11-12H2,1-2H3. The van der Waals surface area contributed by atoms with Crippen LogP contribution in [0.1, 0.15) is 23.7 Å². The molecule has 34 heavy (non-hydrogen) atoms. The lowest BCUT2D eigenvalue weighted by Crippen LogP contribution is -2.54. The Balaban J connectivity index is 1.35. The molecule has 6 rings (SSSR count). The van der Waals surface area contributed by atoms with Gasteiger partial charge in [0.1, 0.15) is 23.1 Å². The summed E-state index contributed by atoms with van der Waals surface area (Å²) in [5, 5.41) is 6.17. The van der Waals surface area contributed by atoms with Crippen LogP contribution in [-0.4, -0.2) is 78.5 Å². The minimum Gasteiger partial charge on any atom is -0.352 e. The maximum absolute atomic E-state index is 15.2. The van der Waals surface area contributed by atoms with Gasteiger partial charge < -0.3 is 9.47 Å². The number of piperazine rings is 1. The summed E-state index contributed by atoms with van der Waals surface area (Å²) >= 11 is 0. The molecule has 12 heteroatoms. The van der Waals surface area contributed by atoms with Crippen LogP contribution in [0.2, 0.25) is 0 Å². The highest BCUT2D eigenvalue weighted by Gasteiger charge is 2.46. The number of aryl methyl sites for hydroxylation is 1. The van der Waals surface area contributed by atoms with E-state index in [0.29, 0.717) is 30.1 Å². The third kappa shape index (κ3) is 3.30. The van der Waals surface area contributed by atoms with Gasteiger partial charge in [-0.05, 0) is 6.07 Å². The second kappa shape index (κ2) is 7.77. The van der Waals surface area contributed by atoms with Gasteiger partial charge in [-0.1, -0.05) is 18.2 Å². The van der Waals surface area contributed by atoms with Gasteiger partial charge in [-0.2, -0.15) is 5.10 Å². The van der Waals surface area contributed by atoms with Crippen molar-refractivity contribution in [3.05, 3.63) is 42.0 Å². The third-order valence-electron chi connectivity index (χ3n) is 6.81. The second-order valence-corrected chi connectivity index (χ2v) is 10.4. The fourth-order valence-electron chi connectivity index (χ4n) is 5.16. The van der Waals surface area contributed by atoms with E-state index in [4.69, 9.17) is 4.98 Å². The molecule has 3 aliphatic rings. The SMILES string of the molecule is CN1CC(c2nc3c(N4CCN5C(C4)CC(F)(F)c4ccccc4S5=O)ncnc3n2C)C=N1. The summed E-state index contributed by atoms with van der Waals surface area (Å²) in [7, 11) is 2.18. The van der Waals surface area contributed by atoms with Crippen LogP contribution in [0.4, 0.5) is 14.6 Å². The molecule has 1 saturated heterocycles. The van der Waals surface area contributed by atoms with Crippen LogP contribution in [0.25, 0.3) is 11.2 Å². The van der Waals surface area contributed by atoms with E-state index < -0.39 is 29.4 Å². The number of aromatic nitrogens is 4. The molecule has 3 atom stereocenters. The predicted octanol–water partition coefficient (Wildman–Crippen LogP) is 2.09. The van der Waals surface area contributed by atoms with E-state index in [-0.39, 0.29) is 22.9 Å². The Hall–Kier alpha value is -2.99. The molecule has 0 aliphatic carbocycles. The summed E-state index contributed by atoms with van der Waals surface area (Å²) in [4.78, 5) is 16.0. The lowest BCUT2D eigenvalue weighted by atomic mass is 9.99. The molecule has 0 saturated carbocycles. The van der Waals surface area contributed by atoms with Crippen molar-refractivity contribution < 1.29 is 13.0 Å². The highest BCUT2D eigenvalue weighted by atomic mass is 32.2. The van der Waals surface area contributed by atoms with Gasteiger partial charge in [-0.3, -0.25) is 5.01 Å². The predicted molar refractivity (Wildman–Crippen MR) is 124 cm³/mol. The molecule has 0 radical (unpaired) electrons. The normalized spacial score (nSPS) is 26.5. The minimum absolute atomic E-state index is 0.0374. The topological polar surface area (TPSA) is 82.8 Å². The first-order valence-corrected chi connectivity index (χ1v) is 12.3. The molecule has 0 spiro atoms. The number of imidazole rings is 1. The molecular formula is C22H24F2N8OS. The zero-order valence-electron chi connectivity index (χ0n) is 18.8. The summed E-state index contributed by atoms with van der Waals surface area (Å²) in [6, 6.07) is 5.56. The summed E-state index contributed by atoms with van der Waals surface area (Å²) in [5.74, 6) is -1.58. The van der Waals surface area contributed by atoms with Crippen LogP contribution < -0.4 is 4.90 Å². The van der Waals surface area contributed by atoms with Crippen molar-refractivity contribution in [1.82, 2.24) is 28.8 Å². The number of fused-ring (bicyclic) bond motifs is 3. The number of rotatable bonds is 2. The number of halogens is 2. The van der Waals surface area contributed by atoms with E-state index in [1.807, 2.05) is 34.8 Å². The van der Waals surface area contributed by atoms with Crippen LogP contribution in [0.3, 0.4) is 0 Å². The maximum Gasteiger partial charge on any atom is 0.276 e. The molecule has 5 heterocycles. The Morgan fingerprint density at radius 3 is 2.74 bits per heavy atom. The van der Waals surface area contributed by atoms with Crippen LogP contribution in [0.15, 0.2) is 40.6 Å². The summed E-state index contributed by atoms with van der Waals surface area (Å²) in [5.41, 5.74) is 1.19. The molecule has 3 unspecified atom stereocenters. The summed E-state index contributed by atoms with van der Waals surface area (Å²) in [6.45, 7) is 1.89. The van der Waals surface area contributed by atoms with Gasteiger partial charge in [0.15, 0.2) is 17.0 Å². The van der Waals surface area contributed by atoms with Gasteiger partial charge in [0.25, 0.3) is 5.92 Å². The number of likely N-dealkylation sites (N-methyl/N-ethyl adjacent to an activating group) is 1. The zero-order valence-corrected chi connectivity index (χ0v) is 19.6. The average Bonchev–Trinajstić information content (AvgIpc) is 3.39. The Morgan fingerprint density at radius 1 is 1.12 bits per heavy atom. The lowest BCUT2D eigenvalue weighted by molar-refractivity contribution is -0.0303. The van der Waals surface area contributed by atoms with Gasteiger partial charge in [0.05, 0.1) is 17.4 Å². The number of anilines is 1. The highest BCUT2D eigenvalue weighted by molar-refractivity contribution is 7.82. The fourth-order valence-corrected chi connectivity index (χ4v) is 6.67. The van der Waals surface area contributed by atoms with Gasteiger partial charge in [-0.15, -0.1) is 0 Å². The Morgan fingerprint density at radius 2 is 1.94 bits per heavy atom. The number of hydrogen-bond donors (Lipinski definition) is 0. The van der Waals surface area contributed by atoms with E-state index in [2.05, 4.69) is 15.1 Å². The van der Waals surface area contributed by atoms with E-state index in [0.717, 1.165) is 12.4 Å². The fraction of sp³-hybridized carbons (Fsp3) is 0.455. The Bertz CT molecular complexity index is 1330. The molecule has 9 nitrogen and oxygen atoms in total. The van der Waals surface area contributed by atoms with Crippen LogP contribution in [0, 0.1) is 0 Å². The van der Waals surface area contributed by atoms with Crippen molar-refractivity contribution in [2.75, 3.05) is 38.1 Å². The van der Waals surface area contributed by atoms with Crippen molar-refractivity contribution >= 4 is 34.2 Å². The smallest absolute Gasteiger partial charge is 0.276 e. The van der Waals surface area contributed by atoms with E-state index in [1.54, 1.807) is 22.5 Å². The lowest BCUT2D eigenvalue weighted by Gasteiger charge is -2.40. The Kier molecular flexibility index (Phi) is 4.92. The van der Waals surface area contributed by atoms with Crippen LogP contribution >= 0.6 is 0 Å². The Labute approximate surface area is 197 Å². The van der Waals surface area contributed by atoms with E-state index >= 15 is 8.78 Å². The first kappa shape index (κ1) is 21.5.